The number of hydrogen-bond donors (Lipinski definition) is 1. The van der Waals surface area contributed by atoms with E-state index in [9.17, 15) is 9.59 Å². The van der Waals surface area contributed by atoms with Crippen molar-refractivity contribution >= 4 is 5.69 Å². The highest BCUT2D eigenvalue weighted by atomic mass is 16.2. The number of rotatable bonds is 3. The van der Waals surface area contributed by atoms with Gasteiger partial charge in [0, 0.05) is 6.04 Å². The van der Waals surface area contributed by atoms with Crippen LogP contribution in [0.5, 0.6) is 0 Å². The molecule has 3 nitrogen and oxygen atoms in total. The first kappa shape index (κ1) is 16.9. The Labute approximate surface area is 143 Å². The van der Waals surface area contributed by atoms with Gasteiger partial charge in [0.15, 0.2) is 0 Å². The zero-order valence-corrected chi connectivity index (χ0v) is 15.3. The molecule has 1 N–H and O–H groups in total. The zero-order chi connectivity index (χ0) is 17.6. The van der Waals surface area contributed by atoms with Gasteiger partial charge in [0.1, 0.15) is 0 Å². The molecule has 128 valence electrons. The van der Waals surface area contributed by atoms with Crippen LogP contribution in [0.2, 0.25) is 0 Å². The molecule has 0 saturated heterocycles. The van der Waals surface area contributed by atoms with E-state index in [0.29, 0.717) is 23.1 Å². The van der Waals surface area contributed by atoms with Gasteiger partial charge in [0.2, 0.25) is 10.9 Å². The third-order valence-corrected chi connectivity index (χ3v) is 6.06. The van der Waals surface area contributed by atoms with Gasteiger partial charge in [-0.05, 0) is 61.3 Å². The van der Waals surface area contributed by atoms with Crippen molar-refractivity contribution in [3.63, 3.8) is 0 Å². The predicted molar refractivity (Wildman–Crippen MR) is 101 cm³/mol. The first-order valence-electron chi connectivity index (χ1n) is 8.99. The molecule has 0 heterocycles. The van der Waals surface area contributed by atoms with E-state index in [0.717, 1.165) is 23.1 Å². The minimum Gasteiger partial charge on any atom is -0.378 e. The third kappa shape index (κ3) is 2.70. The quantitative estimate of drug-likeness (QED) is 0.864. The molecule has 1 fully saturated rings. The number of nitrogens with one attached hydrogen (secondary N) is 1. The summed E-state index contributed by atoms with van der Waals surface area (Å²) in [7, 11) is 0. The molecule has 0 spiro atoms. The maximum Gasteiger partial charge on any atom is 0.250 e. The van der Waals surface area contributed by atoms with E-state index in [2.05, 4.69) is 32.2 Å². The van der Waals surface area contributed by atoms with Crippen molar-refractivity contribution in [2.75, 3.05) is 5.32 Å². The molecular weight excluding hydrogens is 298 g/mol. The van der Waals surface area contributed by atoms with Gasteiger partial charge in [-0.25, -0.2) is 0 Å². The summed E-state index contributed by atoms with van der Waals surface area (Å²) in [6, 6.07) is 4.41. The van der Waals surface area contributed by atoms with E-state index in [-0.39, 0.29) is 16.9 Å². The Morgan fingerprint density at radius 3 is 2.29 bits per heavy atom. The molecule has 1 aliphatic rings. The minimum atomic E-state index is -0.354. The number of hydrogen-bond acceptors (Lipinski definition) is 3. The molecule has 2 aromatic carbocycles. The predicted octanol–water partition coefficient (Wildman–Crippen LogP) is 4.11. The van der Waals surface area contributed by atoms with Crippen LogP contribution in [0, 0.1) is 32.6 Å². The molecule has 1 aliphatic carbocycles. The van der Waals surface area contributed by atoms with Crippen LogP contribution in [0.1, 0.15) is 49.8 Å². The molecule has 2 aromatic rings. The van der Waals surface area contributed by atoms with Crippen LogP contribution in [0.15, 0.2) is 21.7 Å². The van der Waals surface area contributed by atoms with E-state index in [1.54, 1.807) is 0 Å². The normalized spacial score (nSPS) is 24.3. The van der Waals surface area contributed by atoms with Crippen LogP contribution in [0.4, 0.5) is 5.69 Å². The molecule has 0 aliphatic heterocycles. The zero-order valence-electron chi connectivity index (χ0n) is 15.3. The second-order valence-electron chi connectivity index (χ2n) is 7.68. The van der Waals surface area contributed by atoms with Gasteiger partial charge in [-0.3, -0.25) is 9.59 Å². The van der Waals surface area contributed by atoms with Gasteiger partial charge in [-0.2, -0.15) is 0 Å². The van der Waals surface area contributed by atoms with Crippen molar-refractivity contribution in [3.8, 4) is 11.1 Å². The molecule has 0 unspecified atom stereocenters. The monoisotopic (exact) mass is 325 g/mol. The molecule has 3 rings (SSSR count). The second-order valence-corrected chi connectivity index (χ2v) is 7.68. The Morgan fingerprint density at radius 1 is 0.917 bits per heavy atom. The van der Waals surface area contributed by atoms with Crippen LogP contribution >= 0.6 is 0 Å². The molecular formula is C21H27NO2. The third-order valence-electron chi connectivity index (χ3n) is 6.06. The van der Waals surface area contributed by atoms with Crippen molar-refractivity contribution in [1.29, 1.82) is 0 Å². The highest BCUT2D eigenvalue weighted by Crippen LogP contribution is 2.34. The summed E-state index contributed by atoms with van der Waals surface area (Å²) >= 11 is 0. The van der Waals surface area contributed by atoms with Gasteiger partial charge >= 0.3 is 0 Å². The van der Waals surface area contributed by atoms with Crippen molar-refractivity contribution in [3.05, 3.63) is 49.3 Å². The summed E-state index contributed by atoms with van der Waals surface area (Å²) in [5.74, 6) is 1.16. The Bertz CT molecular complexity index is 842. The lowest BCUT2D eigenvalue weighted by Crippen LogP contribution is -2.42. The Morgan fingerprint density at radius 2 is 1.58 bits per heavy atom. The molecule has 0 bridgehead atoms. The van der Waals surface area contributed by atoms with E-state index >= 15 is 0 Å². The molecule has 24 heavy (non-hydrogen) atoms. The summed E-state index contributed by atoms with van der Waals surface area (Å²) in [4.78, 5) is 24.5. The highest BCUT2D eigenvalue weighted by molar-refractivity contribution is 5.84. The second kappa shape index (κ2) is 6.19. The molecule has 1 saturated carbocycles. The van der Waals surface area contributed by atoms with Gasteiger partial charge in [0.25, 0.3) is 0 Å². The van der Waals surface area contributed by atoms with Crippen molar-refractivity contribution < 1.29 is 0 Å². The van der Waals surface area contributed by atoms with E-state index in [1.165, 1.54) is 18.4 Å². The number of aryl methyl sites for hydroxylation is 3. The smallest absolute Gasteiger partial charge is 0.250 e. The van der Waals surface area contributed by atoms with Gasteiger partial charge in [-0.15, -0.1) is 0 Å². The summed E-state index contributed by atoms with van der Waals surface area (Å²) in [5, 5.41) is 3.43. The molecule has 0 aromatic heterocycles. The Hall–Kier alpha value is -1.90. The number of anilines is 1. The van der Waals surface area contributed by atoms with Gasteiger partial charge in [0.05, 0.1) is 11.3 Å². The van der Waals surface area contributed by atoms with Crippen molar-refractivity contribution in [2.24, 2.45) is 11.8 Å². The van der Waals surface area contributed by atoms with Crippen molar-refractivity contribution in [2.45, 2.75) is 59.9 Å². The topological polar surface area (TPSA) is 46.2 Å². The lowest BCUT2D eigenvalue weighted by molar-refractivity contribution is 0.253. The fraction of sp³-hybridized carbons (Fsp3) is 0.524. The largest absolute Gasteiger partial charge is 0.378 e. The fourth-order valence-corrected chi connectivity index (χ4v) is 3.99. The minimum absolute atomic E-state index is 0.280. The summed E-state index contributed by atoms with van der Waals surface area (Å²) < 4.78 is 0. The highest BCUT2D eigenvalue weighted by Gasteiger charge is 2.31. The van der Waals surface area contributed by atoms with Crippen molar-refractivity contribution in [1.82, 2.24) is 0 Å². The maximum atomic E-state index is 12.3. The molecule has 0 radical (unpaired) electrons. The first-order valence-corrected chi connectivity index (χ1v) is 8.99. The summed E-state index contributed by atoms with van der Waals surface area (Å²) in [6.07, 6.45) is 3.49. The van der Waals surface area contributed by atoms with Crippen LogP contribution in [-0.2, 0) is 0 Å². The van der Waals surface area contributed by atoms with Crippen LogP contribution in [0.25, 0.3) is 11.1 Å². The van der Waals surface area contributed by atoms with Gasteiger partial charge in [-0.1, -0.05) is 38.8 Å². The molecule has 3 heteroatoms. The van der Waals surface area contributed by atoms with Crippen LogP contribution in [-0.4, -0.2) is 6.04 Å². The fourth-order valence-electron chi connectivity index (χ4n) is 3.99. The SMILES string of the molecule is Cc1cc(C)c(-c2c(N[C@@H]3CCC[C@H](C)[C@H]3C)c(=O)c2=O)cc1C. The summed E-state index contributed by atoms with van der Waals surface area (Å²) in [6.45, 7) is 10.6. The van der Waals surface area contributed by atoms with Crippen LogP contribution in [0.3, 0.4) is 0 Å². The standard InChI is InChI=1S/C21H27NO2/c1-11-7-6-8-17(15(11)5)22-19-18(20(23)21(19)24)16-10-13(3)12(2)9-14(16)4/h9-11,15,17,22H,6-8H2,1-5H3/t11-,15+,17+/m0/s1. The lowest BCUT2D eigenvalue weighted by atomic mass is 9.77. The van der Waals surface area contributed by atoms with Gasteiger partial charge < -0.3 is 5.32 Å². The average Bonchev–Trinajstić information content (AvgIpc) is 2.55. The van der Waals surface area contributed by atoms with E-state index < -0.39 is 0 Å². The van der Waals surface area contributed by atoms with E-state index in [4.69, 9.17) is 0 Å². The van der Waals surface area contributed by atoms with Crippen LogP contribution < -0.4 is 16.2 Å². The summed E-state index contributed by atoms with van der Waals surface area (Å²) in [5.41, 5.74) is 4.74. The van der Waals surface area contributed by atoms with E-state index in [1.807, 2.05) is 19.9 Å². The lowest BCUT2D eigenvalue weighted by Gasteiger charge is -2.35. The first-order chi connectivity index (χ1) is 11.3. The average molecular weight is 325 g/mol. The molecule has 0 amide bonds. The Kier molecular flexibility index (Phi) is 4.37. The number of benzene rings is 1. The molecule has 3 atom stereocenters. The Balaban J connectivity index is 1.98. The maximum absolute atomic E-state index is 12.3.